The van der Waals surface area contributed by atoms with Crippen LogP contribution in [0.25, 0.3) is 10.2 Å². The molecule has 1 aromatic heterocycles. The molecule has 0 bridgehead atoms. The molecule has 2 aromatic rings. The van der Waals surface area contributed by atoms with Crippen LogP contribution in [-0.2, 0) is 0 Å². The minimum absolute atomic E-state index is 0.731. The molecule has 2 rings (SSSR count). The minimum atomic E-state index is 0.731. The molecule has 5 heteroatoms. The maximum Gasteiger partial charge on any atom is 0.151 e. The first-order valence-corrected chi connectivity index (χ1v) is 10.5. The van der Waals surface area contributed by atoms with Crippen LogP contribution in [0.2, 0.25) is 0 Å². The van der Waals surface area contributed by atoms with Crippen LogP contribution in [0.1, 0.15) is 33.6 Å². The second-order valence-electron chi connectivity index (χ2n) is 5.89. The third kappa shape index (κ3) is 6.11. The average Bonchev–Trinajstić information content (AvgIpc) is 2.97. The number of ether oxygens (including phenoxy) is 1. The predicted molar refractivity (Wildman–Crippen MR) is 108 cm³/mol. The van der Waals surface area contributed by atoms with Gasteiger partial charge in [0.2, 0.25) is 0 Å². The van der Waals surface area contributed by atoms with Crippen LogP contribution in [0.15, 0.2) is 34.7 Å². The number of benzene rings is 1. The smallest absolute Gasteiger partial charge is 0.151 e. The largest absolute Gasteiger partial charge is 0.492 e. The van der Waals surface area contributed by atoms with Crippen LogP contribution in [0.3, 0.4) is 0 Å². The molecular formula is C19H28N2OS2. The molecule has 24 heavy (non-hydrogen) atoms. The zero-order chi connectivity index (χ0) is 17.4. The first-order chi connectivity index (χ1) is 11.6. The van der Waals surface area contributed by atoms with E-state index in [0.29, 0.717) is 0 Å². The van der Waals surface area contributed by atoms with Gasteiger partial charge < -0.3 is 9.64 Å². The summed E-state index contributed by atoms with van der Waals surface area (Å²) in [6.45, 7) is 14.2. The fraction of sp³-hybridized carbons (Fsp3) is 0.526. The molecule has 0 aliphatic rings. The van der Waals surface area contributed by atoms with Gasteiger partial charge in [-0.25, -0.2) is 4.98 Å². The van der Waals surface area contributed by atoms with E-state index >= 15 is 0 Å². The molecule has 0 spiro atoms. The lowest BCUT2D eigenvalue weighted by Gasteiger charge is -2.17. The van der Waals surface area contributed by atoms with Gasteiger partial charge in [0.25, 0.3) is 0 Å². The van der Waals surface area contributed by atoms with Crippen molar-refractivity contribution in [2.75, 3.05) is 32.0 Å². The first-order valence-electron chi connectivity index (χ1n) is 8.65. The van der Waals surface area contributed by atoms with E-state index in [1.807, 2.05) is 17.8 Å². The van der Waals surface area contributed by atoms with E-state index in [1.165, 1.54) is 10.3 Å². The number of thioether (sulfide) groups is 1. The Bertz CT molecular complexity index is 650. The highest BCUT2D eigenvalue weighted by Crippen LogP contribution is 2.32. The van der Waals surface area contributed by atoms with Gasteiger partial charge in [-0.3, -0.25) is 0 Å². The minimum Gasteiger partial charge on any atom is -0.492 e. The van der Waals surface area contributed by atoms with E-state index in [0.717, 1.165) is 60.4 Å². The van der Waals surface area contributed by atoms with Crippen molar-refractivity contribution in [3.8, 4) is 5.75 Å². The molecule has 0 radical (unpaired) electrons. The molecule has 0 saturated carbocycles. The summed E-state index contributed by atoms with van der Waals surface area (Å²) in [6, 6.07) is 6.21. The Morgan fingerprint density at radius 1 is 1.33 bits per heavy atom. The summed E-state index contributed by atoms with van der Waals surface area (Å²) < 4.78 is 8.25. The van der Waals surface area contributed by atoms with E-state index in [-0.39, 0.29) is 0 Å². The predicted octanol–water partition coefficient (Wildman–Crippen LogP) is 5.47. The van der Waals surface area contributed by atoms with Gasteiger partial charge in [-0.05, 0) is 51.1 Å². The summed E-state index contributed by atoms with van der Waals surface area (Å²) in [5.41, 5.74) is 2.32. The fourth-order valence-corrected chi connectivity index (χ4v) is 4.51. The normalized spacial score (nSPS) is 11.3. The van der Waals surface area contributed by atoms with E-state index < -0.39 is 0 Å². The van der Waals surface area contributed by atoms with Crippen molar-refractivity contribution in [3.05, 3.63) is 30.4 Å². The van der Waals surface area contributed by atoms with Crippen LogP contribution < -0.4 is 4.74 Å². The number of hydrogen-bond donors (Lipinski definition) is 0. The van der Waals surface area contributed by atoms with Crippen molar-refractivity contribution in [1.82, 2.24) is 9.88 Å². The number of likely N-dealkylation sites (N-methyl/N-ethyl adjacent to an activating group) is 1. The summed E-state index contributed by atoms with van der Waals surface area (Å²) in [5, 5.41) is 0. The number of rotatable bonds is 11. The highest BCUT2D eigenvalue weighted by atomic mass is 32.2. The third-order valence-corrected chi connectivity index (χ3v) is 6.13. The van der Waals surface area contributed by atoms with Gasteiger partial charge in [0.05, 0.1) is 10.2 Å². The highest BCUT2D eigenvalue weighted by Gasteiger charge is 2.06. The zero-order valence-corrected chi connectivity index (χ0v) is 16.6. The molecule has 1 heterocycles. The first kappa shape index (κ1) is 19.3. The molecule has 0 saturated heterocycles. The van der Waals surface area contributed by atoms with Crippen molar-refractivity contribution in [2.24, 2.45) is 0 Å². The quantitative estimate of drug-likeness (QED) is 0.300. The number of hydrogen-bond acceptors (Lipinski definition) is 5. The van der Waals surface area contributed by atoms with E-state index in [2.05, 4.69) is 44.4 Å². The molecule has 0 aliphatic heterocycles. The van der Waals surface area contributed by atoms with E-state index in [4.69, 9.17) is 9.72 Å². The van der Waals surface area contributed by atoms with Gasteiger partial charge >= 0.3 is 0 Å². The van der Waals surface area contributed by atoms with Gasteiger partial charge in [-0.15, -0.1) is 17.9 Å². The second-order valence-corrected chi connectivity index (χ2v) is 8.27. The van der Waals surface area contributed by atoms with E-state index in [1.54, 1.807) is 11.3 Å². The molecule has 132 valence electrons. The lowest BCUT2D eigenvalue weighted by molar-refractivity contribution is 0.223. The van der Waals surface area contributed by atoms with Gasteiger partial charge in [0.15, 0.2) is 4.34 Å². The number of thiazole rings is 1. The maximum atomic E-state index is 5.90. The van der Waals surface area contributed by atoms with Crippen molar-refractivity contribution in [3.63, 3.8) is 0 Å². The number of aromatic nitrogens is 1. The van der Waals surface area contributed by atoms with Gasteiger partial charge in [-0.1, -0.05) is 31.2 Å². The van der Waals surface area contributed by atoms with Crippen molar-refractivity contribution in [2.45, 2.75) is 38.0 Å². The van der Waals surface area contributed by atoms with Crippen molar-refractivity contribution >= 4 is 33.3 Å². The summed E-state index contributed by atoms with van der Waals surface area (Å²) in [4.78, 5) is 7.07. The van der Waals surface area contributed by atoms with Crippen molar-refractivity contribution < 1.29 is 4.74 Å². The highest BCUT2D eigenvalue weighted by molar-refractivity contribution is 8.01. The molecule has 0 N–H and O–H groups in total. The van der Waals surface area contributed by atoms with Gasteiger partial charge in [0.1, 0.15) is 12.4 Å². The third-order valence-electron chi connectivity index (χ3n) is 3.88. The number of fused-ring (bicyclic) bond motifs is 1. The van der Waals surface area contributed by atoms with Crippen LogP contribution in [0.4, 0.5) is 0 Å². The standard InChI is InChI=1S/C19H28N2OS2/c1-5-21(6-2)11-12-22-16-9-10-17-18(14-16)24-19(20-17)23-13-7-8-15(3)4/h9-10,14H,3,5-8,11-13H2,1-2,4H3. The Labute approximate surface area is 154 Å². The Hall–Kier alpha value is -1.04. The number of nitrogens with zero attached hydrogens (tertiary/aromatic N) is 2. The Morgan fingerprint density at radius 3 is 2.83 bits per heavy atom. The summed E-state index contributed by atoms with van der Waals surface area (Å²) in [5.74, 6) is 2.04. The molecular weight excluding hydrogens is 336 g/mol. The Morgan fingerprint density at radius 2 is 2.12 bits per heavy atom. The topological polar surface area (TPSA) is 25.4 Å². The van der Waals surface area contributed by atoms with Crippen LogP contribution in [0, 0.1) is 0 Å². The lowest BCUT2D eigenvalue weighted by Crippen LogP contribution is -2.27. The zero-order valence-electron chi connectivity index (χ0n) is 15.0. The van der Waals surface area contributed by atoms with E-state index in [9.17, 15) is 0 Å². The van der Waals surface area contributed by atoms with Crippen molar-refractivity contribution in [1.29, 1.82) is 0 Å². The lowest BCUT2D eigenvalue weighted by atomic mass is 10.2. The second kappa shape index (κ2) is 10.1. The fourth-order valence-electron chi connectivity index (χ4n) is 2.40. The summed E-state index contributed by atoms with van der Waals surface area (Å²) >= 11 is 3.60. The molecule has 1 aromatic carbocycles. The van der Waals surface area contributed by atoms with Crippen LogP contribution >= 0.6 is 23.1 Å². The molecule has 0 aliphatic carbocycles. The molecule has 0 unspecified atom stereocenters. The van der Waals surface area contributed by atoms with Crippen LogP contribution in [0.5, 0.6) is 5.75 Å². The summed E-state index contributed by atoms with van der Waals surface area (Å²) in [6.07, 6.45) is 2.26. The molecule has 0 fully saturated rings. The van der Waals surface area contributed by atoms with Gasteiger partial charge in [-0.2, -0.15) is 0 Å². The molecule has 0 atom stereocenters. The molecule has 0 amide bonds. The SMILES string of the molecule is C=C(C)CCCSc1nc2ccc(OCCN(CC)CC)cc2s1. The Balaban J connectivity index is 1.87. The number of allylic oxidation sites excluding steroid dienone is 1. The average molecular weight is 365 g/mol. The monoisotopic (exact) mass is 364 g/mol. The summed E-state index contributed by atoms with van der Waals surface area (Å²) in [7, 11) is 0. The van der Waals surface area contributed by atoms with Crippen LogP contribution in [-0.4, -0.2) is 41.9 Å². The van der Waals surface area contributed by atoms with Gasteiger partial charge in [0, 0.05) is 12.3 Å². The maximum absolute atomic E-state index is 5.90. The Kier molecular flexibility index (Phi) is 8.09. The molecule has 3 nitrogen and oxygen atoms in total.